The minimum Gasteiger partial charge on any atom is -0.492 e. The van der Waals surface area contributed by atoms with Crippen LogP contribution < -0.4 is 4.74 Å². The molecule has 1 saturated carbocycles. The Hall–Kier alpha value is -1.72. The number of benzene rings is 1. The van der Waals surface area contributed by atoms with Gasteiger partial charge in [0, 0.05) is 0 Å². The summed E-state index contributed by atoms with van der Waals surface area (Å²) < 4.78 is 43.3. The zero-order valence-electron chi connectivity index (χ0n) is 11.4. The summed E-state index contributed by atoms with van der Waals surface area (Å²) in [5, 5.41) is 9.05. The first-order valence-electron chi connectivity index (χ1n) is 6.95. The molecule has 0 unspecified atom stereocenters. The predicted molar refractivity (Wildman–Crippen MR) is 70.5 cm³/mol. The Balaban J connectivity index is 2.12. The van der Waals surface area contributed by atoms with Crippen LogP contribution in [0.25, 0.3) is 0 Å². The first-order valence-corrected chi connectivity index (χ1v) is 6.95. The number of alkyl halides is 3. The summed E-state index contributed by atoms with van der Waals surface area (Å²) in [5.74, 6) is -1.07. The third kappa shape index (κ3) is 4.12. The van der Waals surface area contributed by atoms with E-state index in [2.05, 4.69) is 0 Å². The smallest absolute Gasteiger partial charge is 0.416 e. The van der Waals surface area contributed by atoms with Gasteiger partial charge in [-0.05, 0) is 37.0 Å². The van der Waals surface area contributed by atoms with Gasteiger partial charge in [-0.25, -0.2) is 4.79 Å². The van der Waals surface area contributed by atoms with Crippen molar-refractivity contribution in [3.63, 3.8) is 0 Å². The van der Waals surface area contributed by atoms with Gasteiger partial charge < -0.3 is 9.84 Å². The normalized spacial score (nSPS) is 16.7. The Labute approximate surface area is 120 Å². The van der Waals surface area contributed by atoms with Crippen molar-refractivity contribution in [1.82, 2.24) is 0 Å². The lowest BCUT2D eigenvalue weighted by Crippen LogP contribution is -2.17. The third-order valence-electron chi connectivity index (χ3n) is 3.74. The van der Waals surface area contributed by atoms with Gasteiger partial charge in [0.15, 0.2) is 0 Å². The second kappa shape index (κ2) is 6.37. The number of carboxylic acids is 1. The molecule has 1 aromatic rings. The first kappa shape index (κ1) is 15.7. The van der Waals surface area contributed by atoms with E-state index in [0.717, 1.165) is 37.8 Å². The molecule has 0 heterocycles. The maximum absolute atomic E-state index is 12.6. The average molecular weight is 302 g/mol. The van der Waals surface area contributed by atoms with E-state index in [1.807, 2.05) is 0 Å². The molecule has 3 nitrogen and oxygen atoms in total. The molecule has 0 aromatic heterocycles. The number of hydrogen-bond donors (Lipinski definition) is 1. The highest BCUT2D eigenvalue weighted by Crippen LogP contribution is 2.33. The number of carboxylic acid groups (broad SMARTS) is 1. The van der Waals surface area contributed by atoms with Gasteiger partial charge in [0.05, 0.1) is 12.2 Å². The number of aromatic carboxylic acids is 1. The lowest BCUT2D eigenvalue weighted by Gasteiger charge is -2.22. The van der Waals surface area contributed by atoms with Gasteiger partial charge in [-0.1, -0.05) is 19.3 Å². The lowest BCUT2D eigenvalue weighted by atomic mass is 9.90. The SMILES string of the molecule is O=C(O)c1cc(C(F)(F)F)ccc1OCC1CCCCC1. The Kier molecular flexibility index (Phi) is 4.75. The molecule has 0 aliphatic heterocycles. The zero-order chi connectivity index (χ0) is 15.5. The molecule has 21 heavy (non-hydrogen) atoms. The molecule has 0 atom stereocenters. The molecule has 116 valence electrons. The summed E-state index contributed by atoms with van der Waals surface area (Å²) in [7, 11) is 0. The maximum atomic E-state index is 12.6. The van der Waals surface area contributed by atoms with Crippen molar-refractivity contribution in [1.29, 1.82) is 0 Å². The van der Waals surface area contributed by atoms with Crippen LogP contribution in [0.5, 0.6) is 5.75 Å². The molecular formula is C15H17F3O3. The second-order valence-electron chi connectivity index (χ2n) is 5.33. The first-order chi connectivity index (χ1) is 9.88. The largest absolute Gasteiger partial charge is 0.492 e. The molecule has 0 bridgehead atoms. The van der Waals surface area contributed by atoms with Crippen LogP contribution in [0.4, 0.5) is 13.2 Å². The van der Waals surface area contributed by atoms with Gasteiger partial charge in [0.1, 0.15) is 11.3 Å². The second-order valence-corrected chi connectivity index (χ2v) is 5.33. The highest BCUT2D eigenvalue weighted by Gasteiger charge is 2.32. The predicted octanol–water partition coefficient (Wildman–Crippen LogP) is 4.36. The van der Waals surface area contributed by atoms with E-state index >= 15 is 0 Å². The Morgan fingerprint density at radius 2 is 1.90 bits per heavy atom. The van der Waals surface area contributed by atoms with Crippen LogP contribution in [0.2, 0.25) is 0 Å². The summed E-state index contributed by atoms with van der Waals surface area (Å²) in [4.78, 5) is 11.1. The highest BCUT2D eigenvalue weighted by molar-refractivity contribution is 5.91. The summed E-state index contributed by atoms with van der Waals surface area (Å²) in [6.45, 7) is 0.353. The lowest BCUT2D eigenvalue weighted by molar-refractivity contribution is -0.137. The van der Waals surface area contributed by atoms with Gasteiger partial charge in [0.25, 0.3) is 0 Å². The van der Waals surface area contributed by atoms with Gasteiger partial charge in [-0.15, -0.1) is 0 Å². The van der Waals surface area contributed by atoms with E-state index in [9.17, 15) is 18.0 Å². The molecule has 1 aromatic carbocycles. The van der Waals surface area contributed by atoms with Crippen LogP contribution in [0.1, 0.15) is 48.0 Å². The van der Waals surface area contributed by atoms with Crippen molar-refractivity contribution in [2.75, 3.05) is 6.61 Å². The van der Waals surface area contributed by atoms with Crippen LogP contribution in [0, 0.1) is 5.92 Å². The van der Waals surface area contributed by atoms with Crippen molar-refractivity contribution >= 4 is 5.97 Å². The minimum atomic E-state index is -4.56. The van der Waals surface area contributed by atoms with E-state index in [-0.39, 0.29) is 5.75 Å². The van der Waals surface area contributed by atoms with Crippen molar-refractivity contribution < 1.29 is 27.8 Å². The van der Waals surface area contributed by atoms with Crippen LogP contribution in [-0.4, -0.2) is 17.7 Å². The van der Waals surface area contributed by atoms with Crippen molar-refractivity contribution in [3.05, 3.63) is 29.3 Å². The van der Waals surface area contributed by atoms with Crippen LogP contribution >= 0.6 is 0 Å². The Morgan fingerprint density at radius 1 is 1.24 bits per heavy atom. The molecule has 2 rings (SSSR count). The molecule has 0 radical (unpaired) electrons. The van der Waals surface area contributed by atoms with E-state index < -0.39 is 23.3 Å². The average Bonchev–Trinajstić information content (AvgIpc) is 2.45. The third-order valence-corrected chi connectivity index (χ3v) is 3.74. The topological polar surface area (TPSA) is 46.5 Å². The molecule has 0 amide bonds. The fourth-order valence-corrected chi connectivity index (χ4v) is 2.56. The van der Waals surface area contributed by atoms with Crippen molar-refractivity contribution in [2.24, 2.45) is 5.92 Å². The van der Waals surface area contributed by atoms with Crippen LogP contribution in [-0.2, 0) is 6.18 Å². The van der Waals surface area contributed by atoms with Gasteiger partial charge in [0.2, 0.25) is 0 Å². The minimum absolute atomic E-state index is 0.000994. The summed E-state index contributed by atoms with van der Waals surface area (Å²) in [5.41, 5.74) is -1.43. The standard InChI is InChI=1S/C15H17F3O3/c16-15(17,18)11-6-7-13(12(8-11)14(19)20)21-9-10-4-2-1-3-5-10/h6-8,10H,1-5,9H2,(H,19,20). The molecular weight excluding hydrogens is 285 g/mol. The fraction of sp³-hybridized carbons (Fsp3) is 0.533. The van der Waals surface area contributed by atoms with Gasteiger partial charge in [-0.2, -0.15) is 13.2 Å². The van der Waals surface area contributed by atoms with E-state index in [1.54, 1.807) is 0 Å². The van der Waals surface area contributed by atoms with Crippen LogP contribution in [0.3, 0.4) is 0 Å². The molecule has 1 aliphatic carbocycles. The zero-order valence-corrected chi connectivity index (χ0v) is 11.4. The Bertz CT molecular complexity index is 505. The molecule has 6 heteroatoms. The number of halogens is 3. The van der Waals surface area contributed by atoms with Crippen molar-refractivity contribution in [3.8, 4) is 5.75 Å². The molecule has 1 fully saturated rings. The monoisotopic (exact) mass is 302 g/mol. The van der Waals surface area contributed by atoms with E-state index in [0.29, 0.717) is 18.6 Å². The summed E-state index contributed by atoms with van der Waals surface area (Å²) >= 11 is 0. The fourth-order valence-electron chi connectivity index (χ4n) is 2.56. The highest BCUT2D eigenvalue weighted by atomic mass is 19.4. The number of hydrogen-bond acceptors (Lipinski definition) is 2. The number of carbonyl (C=O) groups is 1. The molecule has 0 saturated heterocycles. The van der Waals surface area contributed by atoms with Crippen LogP contribution in [0.15, 0.2) is 18.2 Å². The molecule has 1 N–H and O–H groups in total. The maximum Gasteiger partial charge on any atom is 0.416 e. The van der Waals surface area contributed by atoms with E-state index in [4.69, 9.17) is 9.84 Å². The molecule has 0 spiro atoms. The van der Waals surface area contributed by atoms with Gasteiger partial charge in [-0.3, -0.25) is 0 Å². The number of rotatable bonds is 4. The summed E-state index contributed by atoms with van der Waals surface area (Å²) in [6, 6.07) is 2.57. The van der Waals surface area contributed by atoms with Crippen molar-refractivity contribution in [2.45, 2.75) is 38.3 Å². The molecule has 1 aliphatic rings. The van der Waals surface area contributed by atoms with Gasteiger partial charge >= 0.3 is 12.1 Å². The Morgan fingerprint density at radius 3 is 2.48 bits per heavy atom. The van der Waals surface area contributed by atoms with E-state index in [1.165, 1.54) is 6.42 Å². The quantitative estimate of drug-likeness (QED) is 0.898. The number of ether oxygens (including phenoxy) is 1. The summed E-state index contributed by atoms with van der Waals surface area (Å²) in [6.07, 6.45) is 0.898.